The van der Waals surface area contributed by atoms with Crippen LogP contribution < -0.4 is 4.52 Å². The monoisotopic (exact) mass is 344 g/mol. The van der Waals surface area contributed by atoms with E-state index in [1.54, 1.807) is 12.1 Å². The maximum Gasteiger partial charge on any atom is 0.294 e. The number of rotatable bonds is 5. The lowest BCUT2D eigenvalue weighted by Gasteiger charge is -2.20. The Labute approximate surface area is 128 Å². The second-order valence-corrected chi connectivity index (χ2v) is 9.90. The molecule has 0 aromatic heterocycles. The van der Waals surface area contributed by atoms with Crippen LogP contribution in [0.1, 0.15) is 32.3 Å². The van der Waals surface area contributed by atoms with Gasteiger partial charge in [-0.2, -0.15) is 0 Å². The molecule has 0 aliphatic carbocycles. The summed E-state index contributed by atoms with van der Waals surface area (Å²) in [4.78, 5) is 0. The Balaban J connectivity index is 3.12. The van der Waals surface area contributed by atoms with Gasteiger partial charge in [0.25, 0.3) is 5.69 Å². The smallest absolute Gasteiger partial charge is 0.294 e. The van der Waals surface area contributed by atoms with Crippen molar-refractivity contribution >= 4 is 53.0 Å². The Kier molecular flexibility index (Phi) is 6.30. The average molecular weight is 345 g/mol. The van der Waals surface area contributed by atoms with E-state index in [1.807, 2.05) is 20.8 Å². The summed E-state index contributed by atoms with van der Waals surface area (Å²) in [5.41, 5.74) is -1.76. The third kappa shape index (κ3) is 4.29. The molecule has 0 aliphatic heterocycles. The lowest BCUT2D eigenvalue weighted by atomic mass is 10.0. The molecule has 2 nitrogen and oxygen atoms in total. The van der Waals surface area contributed by atoms with Crippen LogP contribution in [0.25, 0.3) is 0 Å². The van der Waals surface area contributed by atoms with Crippen LogP contribution in [0.15, 0.2) is 12.1 Å². The van der Waals surface area contributed by atoms with Crippen molar-refractivity contribution < 1.29 is 9.05 Å². The molecular formula is C11H15Cl2O2PS2. The SMILES string of the molecule is CCOP(=S)(S)Oc1ccc(Cl)c(C(C)C)c1Cl. The molecule has 1 rings (SSSR count). The highest BCUT2D eigenvalue weighted by Gasteiger charge is 2.20. The van der Waals surface area contributed by atoms with E-state index in [0.717, 1.165) is 5.56 Å². The van der Waals surface area contributed by atoms with E-state index in [2.05, 4.69) is 12.2 Å². The molecular weight excluding hydrogens is 330 g/mol. The van der Waals surface area contributed by atoms with Crippen molar-refractivity contribution in [2.24, 2.45) is 0 Å². The first-order chi connectivity index (χ1) is 8.28. The van der Waals surface area contributed by atoms with Gasteiger partial charge in [0.2, 0.25) is 0 Å². The maximum absolute atomic E-state index is 6.29. The number of hydrogen-bond acceptors (Lipinski definition) is 3. The summed E-state index contributed by atoms with van der Waals surface area (Å²) in [6.07, 6.45) is 0. The summed E-state index contributed by atoms with van der Waals surface area (Å²) in [7, 11) is 0. The molecule has 0 aliphatic rings. The largest absolute Gasteiger partial charge is 0.435 e. The molecule has 1 unspecified atom stereocenters. The van der Waals surface area contributed by atoms with E-state index in [4.69, 9.17) is 44.1 Å². The molecule has 1 aromatic carbocycles. The van der Waals surface area contributed by atoms with Crippen LogP contribution >= 0.6 is 41.1 Å². The predicted molar refractivity (Wildman–Crippen MR) is 86.1 cm³/mol. The van der Waals surface area contributed by atoms with E-state index >= 15 is 0 Å². The van der Waals surface area contributed by atoms with Crippen molar-refractivity contribution in [1.29, 1.82) is 0 Å². The Morgan fingerprint density at radius 2 is 2.00 bits per heavy atom. The zero-order chi connectivity index (χ0) is 13.9. The molecule has 0 spiro atoms. The number of benzene rings is 1. The number of hydrogen-bond donors (Lipinski definition) is 1. The van der Waals surface area contributed by atoms with Crippen LogP contribution in [0.3, 0.4) is 0 Å². The van der Waals surface area contributed by atoms with Gasteiger partial charge in [0, 0.05) is 5.02 Å². The lowest BCUT2D eigenvalue weighted by molar-refractivity contribution is 0.345. The quantitative estimate of drug-likeness (QED) is 0.547. The van der Waals surface area contributed by atoms with Crippen LogP contribution in [-0.2, 0) is 16.3 Å². The maximum atomic E-state index is 6.29. The highest BCUT2D eigenvalue weighted by Crippen LogP contribution is 2.55. The first-order valence-corrected chi connectivity index (χ1v) is 9.98. The van der Waals surface area contributed by atoms with Crippen molar-refractivity contribution in [1.82, 2.24) is 0 Å². The van der Waals surface area contributed by atoms with E-state index in [0.29, 0.717) is 22.4 Å². The van der Waals surface area contributed by atoms with Gasteiger partial charge < -0.3 is 9.05 Å². The van der Waals surface area contributed by atoms with Gasteiger partial charge in [0.05, 0.1) is 11.6 Å². The zero-order valence-electron chi connectivity index (χ0n) is 10.3. The van der Waals surface area contributed by atoms with Gasteiger partial charge in [-0.15, -0.1) is 0 Å². The van der Waals surface area contributed by atoms with E-state index in [9.17, 15) is 0 Å². The fourth-order valence-corrected chi connectivity index (χ4v) is 4.31. The van der Waals surface area contributed by atoms with E-state index < -0.39 is 5.69 Å². The van der Waals surface area contributed by atoms with Crippen LogP contribution in [0.5, 0.6) is 5.75 Å². The van der Waals surface area contributed by atoms with Crippen LogP contribution in [0.4, 0.5) is 0 Å². The van der Waals surface area contributed by atoms with Crippen molar-refractivity contribution in [3.8, 4) is 5.75 Å². The Bertz CT molecular complexity index is 480. The second-order valence-electron chi connectivity index (χ2n) is 3.91. The van der Waals surface area contributed by atoms with Gasteiger partial charge in [0.15, 0.2) is 0 Å². The Morgan fingerprint density at radius 3 is 2.50 bits per heavy atom. The second kappa shape index (κ2) is 6.83. The average Bonchev–Trinajstić information content (AvgIpc) is 2.21. The summed E-state index contributed by atoms with van der Waals surface area (Å²) >= 11 is 21.8. The highest BCUT2D eigenvalue weighted by atomic mass is 35.5. The first-order valence-electron chi connectivity index (χ1n) is 5.43. The third-order valence-electron chi connectivity index (χ3n) is 2.17. The lowest BCUT2D eigenvalue weighted by Crippen LogP contribution is -1.97. The molecule has 0 heterocycles. The fourth-order valence-electron chi connectivity index (χ4n) is 1.46. The molecule has 0 saturated heterocycles. The fraction of sp³-hybridized carbons (Fsp3) is 0.455. The van der Waals surface area contributed by atoms with Crippen molar-refractivity contribution in [2.45, 2.75) is 26.7 Å². The van der Waals surface area contributed by atoms with Crippen molar-refractivity contribution in [3.05, 3.63) is 27.7 Å². The number of thiol groups is 1. The molecule has 1 aromatic rings. The summed E-state index contributed by atoms with van der Waals surface area (Å²) in [6, 6.07) is 3.43. The molecule has 0 saturated carbocycles. The van der Waals surface area contributed by atoms with Gasteiger partial charge in [-0.05, 0) is 42.3 Å². The predicted octanol–water partition coefficient (Wildman–Crippen LogP) is 5.69. The van der Waals surface area contributed by atoms with Crippen LogP contribution in [0, 0.1) is 0 Å². The van der Waals surface area contributed by atoms with E-state index in [-0.39, 0.29) is 5.92 Å². The summed E-state index contributed by atoms with van der Waals surface area (Å²) in [5.74, 6) is 0.662. The molecule has 0 amide bonds. The van der Waals surface area contributed by atoms with Crippen molar-refractivity contribution in [2.75, 3.05) is 6.61 Å². The standard InChI is InChI=1S/C11H15Cl2O2PS2/c1-4-14-16(17,18)15-9-6-5-8(12)10(7(2)3)11(9)13/h5-7H,4H2,1-3H3,(H,17,18). The summed E-state index contributed by atoms with van der Waals surface area (Å²) in [6.45, 7) is 6.30. The van der Waals surface area contributed by atoms with Crippen LogP contribution in [0.2, 0.25) is 10.0 Å². The molecule has 0 bridgehead atoms. The normalized spacial score (nSPS) is 14.6. The van der Waals surface area contributed by atoms with Gasteiger partial charge >= 0.3 is 0 Å². The minimum atomic E-state index is -2.61. The van der Waals surface area contributed by atoms with Gasteiger partial charge in [-0.3, -0.25) is 0 Å². The topological polar surface area (TPSA) is 18.5 Å². The minimum absolute atomic E-state index is 0.193. The molecule has 0 fully saturated rings. The Morgan fingerprint density at radius 1 is 1.39 bits per heavy atom. The molecule has 7 heteroatoms. The van der Waals surface area contributed by atoms with Gasteiger partial charge in [0.1, 0.15) is 5.75 Å². The molecule has 0 N–H and O–H groups in total. The Hall–Kier alpha value is 0.560. The van der Waals surface area contributed by atoms with Gasteiger partial charge in [-0.25, -0.2) is 0 Å². The molecule has 1 atom stereocenters. The van der Waals surface area contributed by atoms with Crippen LogP contribution in [-0.4, -0.2) is 6.61 Å². The van der Waals surface area contributed by atoms with E-state index in [1.165, 1.54) is 0 Å². The van der Waals surface area contributed by atoms with Crippen molar-refractivity contribution in [3.63, 3.8) is 0 Å². The summed E-state index contributed by atoms with van der Waals surface area (Å²) < 4.78 is 10.9. The minimum Gasteiger partial charge on any atom is -0.435 e. The first kappa shape index (κ1) is 16.6. The van der Waals surface area contributed by atoms with Gasteiger partial charge in [-0.1, -0.05) is 49.3 Å². The molecule has 18 heavy (non-hydrogen) atoms. The zero-order valence-corrected chi connectivity index (χ0v) is 14.4. The molecule has 0 radical (unpaired) electrons. The molecule has 102 valence electrons. The third-order valence-corrected chi connectivity index (χ3v) is 5.04. The number of halogens is 2. The summed E-state index contributed by atoms with van der Waals surface area (Å²) in [5, 5.41) is 1.09. The highest BCUT2D eigenvalue weighted by molar-refractivity contribution is 8.60.